The van der Waals surface area contributed by atoms with Gasteiger partial charge in [0, 0.05) is 33.2 Å². The number of rotatable bonds is 6. The second kappa shape index (κ2) is 9.24. The van der Waals surface area contributed by atoms with Crippen molar-refractivity contribution in [2.24, 2.45) is 0 Å². The number of aryl methyl sites for hydroxylation is 1. The topological polar surface area (TPSA) is 96.5 Å². The highest BCUT2D eigenvalue weighted by atomic mass is 32.2. The number of hydrogen-bond donors (Lipinski definition) is 0. The zero-order valence-electron chi connectivity index (χ0n) is 16.7. The minimum atomic E-state index is -3.81. The molecule has 2 rings (SSSR count). The number of ether oxygens (including phenoxy) is 2. The number of nitrogens with zero attached hydrogens (tertiary/aromatic N) is 3. The first-order valence-corrected chi connectivity index (χ1v) is 10.4. The lowest BCUT2D eigenvalue weighted by Crippen LogP contribution is -2.52. The van der Waals surface area contributed by atoms with E-state index in [1.165, 1.54) is 31.2 Å². The fourth-order valence-electron chi connectivity index (χ4n) is 2.92. The maximum Gasteiger partial charge on any atom is 0.409 e. The van der Waals surface area contributed by atoms with Gasteiger partial charge in [0.05, 0.1) is 25.2 Å². The summed E-state index contributed by atoms with van der Waals surface area (Å²) in [4.78, 5) is 27.4. The zero-order valence-corrected chi connectivity index (χ0v) is 17.5. The van der Waals surface area contributed by atoms with E-state index in [2.05, 4.69) is 0 Å². The molecule has 0 bridgehead atoms. The highest BCUT2D eigenvalue weighted by molar-refractivity contribution is 7.89. The normalized spacial score (nSPS) is 14.9. The van der Waals surface area contributed by atoms with Crippen LogP contribution < -0.4 is 4.74 Å². The molecule has 0 unspecified atom stereocenters. The smallest absolute Gasteiger partial charge is 0.409 e. The van der Waals surface area contributed by atoms with Gasteiger partial charge in [0.25, 0.3) is 0 Å². The molecule has 0 atom stereocenters. The van der Waals surface area contributed by atoms with E-state index in [1.807, 2.05) is 0 Å². The first-order chi connectivity index (χ1) is 13.2. The van der Waals surface area contributed by atoms with E-state index in [-0.39, 0.29) is 17.3 Å². The Kier molecular flexibility index (Phi) is 7.25. The van der Waals surface area contributed by atoms with Crippen LogP contribution in [0, 0.1) is 6.92 Å². The molecule has 10 heteroatoms. The van der Waals surface area contributed by atoms with Crippen LogP contribution in [0.5, 0.6) is 5.75 Å². The van der Waals surface area contributed by atoms with E-state index in [0.717, 1.165) is 4.31 Å². The van der Waals surface area contributed by atoms with Crippen LogP contribution in [0.1, 0.15) is 12.5 Å². The highest BCUT2D eigenvalue weighted by Gasteiger charge is 2.29. The lowest BCUT2D eigenvalue weighted by molar-refractivity contribution is -0.132. The Labute approximate surface area is 165 Å². The largest absolute Gasteiger partial charge is 0.496 e. The number of benzene rings is 1. The Bertz CT molecular complexity index is 819. The Morgan fingerprint density at radius 1 is 1.14 bits per heavy atom. The monoisotopic (exact) mass is 413 g/mol. The zero-order chi connectivity index (χ0) is 20.9. The Balaban J connectivity index is 1.98. The maximum absolute atomic E-state index is 12.8. The van der Waals surface area contributed by atoms with Gasteiger partial charge in [0.15, 0.2) is 0 Å². The van der Waals surface area contributed by atoms with E-state index in [1.54, 1.807) is 24.8 Å². The number of sulfonamides is 1. The molecule has 156 valence electrons. The van der Waals surface area contributed by atoms with Crippen LogP contribution in [0.25, 0.3) is 0 Å². The average Bonchev–Trinajstić information content (AvgIpc) is 2.68. The van der Waals surface area contributed by atoms with Crippen LogP contribution >= 0.6 is 0 Å². The Morgan fingerprint density at radius 2 is 1.75 bits per heavy atom. The van der Waals surface area contributed by atoms with Gasteiger partial charge in [-0.15, -0.1) is 0 Å². The van der Waals surface area contributed by atoms with Gasteiger partial charge in [-0.3, -0.25) is 4.79 Å². The summed E-state index contributed by atoms with van der Waals surface area (Å²) < 4.78 is 36.7. The van der Waals surface area contributed by atoms with E-state index < -0.39 is 16.1 Å². The van der Waals surface area contributed by atoms with Crippen molar-refractivity contribution in [2.45, 2.75) is 18.7 Å². The van der Waals surface area contributed by atoms with Gasteiger partial charge in [0.2, 0.25) is 15.9 Å². The van der Waals surface area contributed by atoms with E-state index in [4.69, 9.17) is 9.47 Å². The van der Waals surface area contributed by atoms with Crippen LogP contribution in [0.4, 0.5) is 4.79 Å². The molecule has 1 aromatic carbocycles. The highest BCUT2D eigenvalue weighted by Crippen LogP contribution is 2.23. The predicted octanol–water partition coefficient (Wildman–Crippen LogP) is 0.925. The molecule has 1 heterocycles. The van der Waals surface area contributed by atoms with Crippen LogP contribution in [-0.2, 0) is 19.6 Å². The molecule has 1 saturated heterocycles. The van der Waals surface area contributed by atoms with Crippen LogP contribution in [-0.4, -0.2) is 88.0 Å². The summed E-state index contributed by atoms with van der Waals surface area (Å²) in [5, 5.41) is 0. The van der Waals surface area contributed by atoms with Crippen molar-refractivity contribution in [2.75, 3.05) is 53.5 Å². The third-order valence-electron chi connectivity index (χ3n) is 4.59. The lowest BCUT2D eigenvalue weighted by atomic mass is 10.2. The summed E-state index contributed by atoms with van der Waals surface area (Å²) in [6, 6.07) is 4.57. The second-order valence-electron chi connectivity index (χ2n) is 6.46. The maximum atomic E-state index is 12.8. The van der Waals surface area contributed by atoms with Crippen molar-refractivity contribution in [3.63, 3.8) is 0 Å². The molecule has 1 aromatic rings. The molecule has 0 aromatic heterocycles. The molecular formula is C18H27N3O6S. The van der Waals surface area contributed by atoms with Gasteiger partial charge in [-0.1, -0.05) is 0 Å². The van der Waals surface area contributed by atoms with Crippen molar-refractivity contribution in [1.82, 2.24) is 14.1 Å². The molecule has 0 N–H and O–H groups in total. The third-order valence-corrected chi connectivity index (χ3v) is 6.39. The molecule has 2 amide bonds. The summed E-state index contributed by atoms with van der Waals surface area (Å²) in [7, 11) is -0.912. The lowest BCUT2D eigenvalue weighted by Gasteiger charge is -2.34. The first kappa shape index (κ1) is 22.0. The molecule has 1 aliphatic heterocycles. The fourth-order valence-corrected chi connectivity index (χ4v) is 4.13. The van der Waals surface area contributed by atoms with Crippen LogP contribution in [0.2, 0.25) is 0 Å². The molecule has 0 radical (unpaired) electrons. The number of likely N-dealkylation sites (N-methyl/N-ethyl adjacent to an activating group) is 1. The Morgan fingerprint density at radius 3 is 2.29 bits per heavy atom. The van der Waals surface area contributed by atoms with E-state index in [0.29, 0.717) is 44.1 Å². The number of hydrogen-bond acceptors (Lipinski definition) is 6. The van der Waals surface area contributed by atoms with Crippen molar-refractivity contribution in [3.05, 3.63) is 23.8 Å². The summed E-state index contributed by atoms with van der Waals surface area (Å²) in [5.41, 5.74) is 0.693. The Hall–Kier alpha value is -2.33. The predicted molar refractivity (Wildman–Crippen MR) is 103 cm³/mol. The summed E-state index contributed by atoms with van der Waals surface area (Å²) in [5.74, 6) is 0.289. The fraction of sp³-hybridized carbons (Fsp3) is 0.556. The van der Waals surface area contributed by atoms with Gasteiger partial charge in [-0.2, -0.15) is 4.31 Å². The van der Waals surface area contributed by atoms with Crippen molar-refractivity contribution in [1.29, 1.82) is 0 Å². The van der Waals surface area contributed by atoms with Gasteiger partial charge >= 0.3 is 6.09 Å². The van der Waals surface area contributed by atoms with Crippen molar-refractivity contribution < 1.29 is 27.5 Å². The minimum Gasteiger partial charge on any atom is -0.496 e. The molecule has 28 heavy (non-hydrogen) atoms. The van der Waals surface area contributed by atoms with Gasteiger partial charge < -0.3 is 19.3 Å². The van der Waals surface area contributed by atoms with Crippen molar-refractivity contribution in [3.8, 4) is 5.75 Å². The standard InChI is InChI=1S/C18H27N3O6S/c1-5-27-18(23)21-10-8-20(9-11-21)17(22)13-19(3)28(24,25)15-6-7-16(26-4)14(2)12-15/h6-7,12H,5,8-11,13H2,1-4H3. The number of carbonyl (C=O) groups is 2. The number of amides is 2. The first-order valence-electron chi connectivity index (χ1n) is 9.01. The molecule has 0 spiro atoms. The minimum absolute atomic E-state index is 0.105. The third kappa shape index (κ3) is 4.93. The molecule has 1 fully saturated rings. The molecule has 1 aliphatic rings. The van der Waals surface area contributed by atoms with E-state index >= 15 is 0 Å². The average molecular weight is 413 g/mol. The number of piperazine rings is 1. The van der Waals surface area contributed by atoms with E-state index in [9.17, 15) is 18.0 Å². The summed E-state index contributed by atoms with van der Waals surface area (Å²) >= 11 is 0. The second-order valence-corrected chi connectivity index (χ2v) is 8.50. The summed E-state index contributed by atoms with van der Waals surface area (Å²) in [6.07, 6.45) is -0.399. The molecule has 9 nitrogen and oxygen atoms in total. The molecular weight excluding hydrogens is 386 g/mol. The summed E-state index contributed by atoms with van der Waals surface area (Å²) in [6.45, 7) is 4.92. The van der Waals surface area contributed by atoms with Gasteiger partial charge in [-0.05, 0) is 37.6 Å². The van der Waals surface area contributed by atoms with Gasteiger partial charge in [0.1, 0.15) is 5.75 Å². The van der Waals surface area contributed by atoms with Crippen molar-refractivity contribution >= 4 is 22.0 Å². The number of methoxy groups -OCH3 is 1. The number of carbonyl (C=O) groups excluding carboxylic acids is 2. The molecule has 0 saturated carbocycles. The quantitative estimate of drug-likeness (QED) is 0.688. The SMILES string of the molecule is CCOC(=O)N1CCN(C(=O)CN(C)S(=O)(=O)c2ccc(OC)c(C)c2)CC1. The van der Waals surface area contributed by atoms with Gasteiger partial charge in [-0.25, -0.2) is 13.2 Å². The van der Waals surface area contributed by atoms with Crippen LogP contribution in [0.3, 0.4) is 0 Å². The molecule has 0 aliphatic carbocycles. The van der Waals surface area contributed by atoms with Crippen LogP contribution in [0.15, 0.2) is 23.1 Å².